The summed E-state index contributed by atoms with van der Waals surface area (Å²) in [5.41, 5.74) is 1.73. The zero-order valence-electron chi connectivity index (χ0n) is 27.5. The molecule has 252 valence electrons. The van der Waals surface area contributed by atoms with Crippen LogP contribution in [0.2, 0.25) is 0 Å². The topological polar surface area (TPSA) is 166 Å². The van der Waals surface area contributed by atoms with E-state index in [9.17, 15) is 29.1 Å². The van der Waals surface area contributed by atoms with Gasteiger partial charge in [0.25, 0.3) is 5.56 Å². The Bertz CT molecular complexity index is 2400. The zero-order chi connectivity index (χ0) is 34.9. The van der Waals surface area contributed by atoms with Crippen LogP contribution in [-0.4, -0.2) is 61.5 Å². The number of Topliss-reactive ketones (excluding diaryl/α,β-unsaturated/α-hetero) is 1. The van der Waals surface area contributed by atoms with Gasteiger partial charge >= 0.3 is 11.4 Å². The Morgan fingerprint density at radius 1 is 0.939 bits per heavy atom. The molecular weight excluding hydrogens is 634 g/mol. The van der Waals surface area contributed by atoms with E-state index in [0.717, 1.165) is 4.57 Å². The Morgan fingerprint density at radius 3 is 2.37 bits per heavy atom. The number of ether oxygens (including phenoxy) is 3. The highest BCUT2D eigenvalue weighted by molar-refractivity contribution is 6.23. The number of phenols is 1. The van der Waals surface area contributed by atoms with Gasteiger partial charge in [0, 0.05) is 61.2 Å². The number of methoxy groups -OCH3 is 3. The maximum Gasteiger partial charge on any atom is 0.347 e. The molecule has 2 aromatic heterocycles. The minimum atomic E-state index is -0.753. The Hall–Kier alpha value is -5.92. The fourth-order valence-electron chi connectivity index (χ4n) is 7.22. The molecule has 1 N–H and O–H groups in total. The summed E-state index contributed by atoms with van der Waals surface area (Å²) in [5.74, 6) is -0.378. The van der Waals surface area contributed by atoms with Crippen LogP contribution in [0.25, 0.3) is 11.0 Å². The molecule has 0 saturated heterocycles. The van der Waals surface area contributed by atoms with E-state index in [1.807, 2.05) is 6.08 Å². The molecule has 14 heteroatoms. The van der Waals surface area contributed by atoms with Crippen LogP contribution in [0.3, 0.4) is 0 Å². The number of aryl methyl sites for hydroxylation is 2. The first-order chi connectivity index (χ1) is 23.5. The standard InChI is InChI=1S/C35H33N5O9/c1-17-12-26(42)20-14-23-19(30(31(20)32(17)43)18-6-7-25(41)27(13-18)47-3)8-11-39-34(45)38(35(46)40(23)39)10-9-21-33(44)37(2)24-16-29(49-5)28(48-4)15-22(24)36-21/h6-8,12-13,15-16,23,30,41H,9-11,14H2,1-5H3/t23-,30+/m1/s1. The lowest BCUT2D eigenvalue weighted by molar-refractivity contribution is -0.116. The molecule has 2 aromatic carbocycles. The molecule has 14 nitrogen and oxygen atoms in total. The number of benzene rings is 2. The second-order valence-corrected chi connectivity index (χ2v) is 12.2. The van der Waals surface area contributed by atoms with Gasteiger partial charge in [-0.1, -0.05) is 12.1 Å². The van der Waals surface area contributed by atoms with E-state index in [4.69, 9.17) is 14.2 Å². The summed E-state index contributed by atoms with van der Waals surface area (Å²) in [6.07, 6.45) is 3.14. The molecule has 3 aliphatic rings. The third-order valence-electron chi connectivity index (χ3n) is 9.67. The first-order valence-electron chi connectivity index (χ1n) is 15.6. The molecule has 3 heterocycles. The van der Waals surface area contributed by atoms with E-state index in [0.29, 0.717) is 44.8 Å². The van der Waals surface area contributed by atoms with E-state index >= 15 is 0 Å². The van der Waals surface area contributed by atoms with Crippen molar-refractivity contribution < 1.29 is 28.9 Å². The van der Waals surface area contributed by atoms with Crippen molar-refractivity contribution in [1.82, 2.24) is 23.5 Å². The van der Waals surface area contributed by atoms with Gasteiger partial charge < -0.3 is 23.9 Å². The number of hydrogen-bond acceptors (Lipinski definition) is 10. The van der Waals surface area contributed by atoms with Crippen LogP contribution in [-0.2, 0) is 36.1 Å². The molecule has 0 unspecified atom stereocenters. The van der Waals surface area contributed by atoms with Crippen molar-refractivity contribution in [1.29, 1.82) is 0 Å². The molecule has 0 fully saturated rings. The summed E-state index contributed by atoms with van der Waals surface area (Å²) < 4.78 is 21.3. The Labute approximate surface area is 278 Å². The van der Waals surface area contributed by atoms with Gasteiger partial charge in [-0.25, -0.2) is 28.5 Å². The molecular formula is C35H33N5O9. The molecule has 0 spiro atoms. The number of fused-ring (bicyclic) bond motifs is 4. The molecule has 1 aliphatic heterocycles. The van der Waals surface area contributed by atoms with Crippen LogP contribution in [0.5, 0.6) is 23.0 Å². The molecule has 0 saturated carbocycles. The zero-order valence-corrected chi connectivity index (χ0v) is 27.5. The van der Waals surface area contributed by atoms with Gasteiger partial charge in [-0.3, -0.25) is 14.4 Å². The third kappa shape index (κ3) is 4.77. The first-order valence-corrected chi connectivity index (χ1v) is 15.6. The van der Waals surface area contributed by atoms with Gasteiger partial charge in [0.05, 0.1) is 44.9 Å². The summed E-state index contributed by atoms with van der Waals surface area (Å²) >= 11 is 0. The largest absolute Gasteiger partial charge is 0.504 e. The predicted octanol–water partition coefficient (Wildman–Crippen LogP) is 2.10. The smallest absolute Gasteiger partial charge is 0.347 e. The molecule has 2 aliphatic carbocycles. The van der Waals surface area contributed by atoms with Crippen LogP contribution in [0.1, 0.15) is 36.6 Å². The number of rotatable bonds is 7. The minimum Gasteiger partial charge on any atom is -0.504 e. The molecule has 7 rings (SSSR count). The number of aromatic hydroxyl groups is 1. The highest BCUT2D eigenvalue weighted by atomic mass is 16.5. The van der Waals surface area contributed by atoms with Crippen molar-refractivity contribution in [2.24, 2.45) is 7.05 Å². The average molecular weight is 668 g/mol. The summed E-state index contributed by atoms with van der Waals surface area (Å²) in [6.45, 7) is 1.50. The molecule has 49 heavy (non-hydrogen) atoms. The second-order valence-electron chi connectivity index (χ2n) is 12.2. The summed E-state index contributed by atoms with van der Waals surface area (Å²) in [5, 5.41) is 10.3. The monoisotopic (exact) mass is 667 g/mol. The summed E-state index contributed by atoms with van der Waals surface area (Å²) in [7, 11) is 6.00. The number of hydrogen-bond donors (Lipinski definition) is 1. The highest BCUT2D eigenvalue weighted by Gasteiger charge is 2.45. The van der Waals surface area contributed by atoms with Gasteiger partial charge in [-0.15, -0.1) is 0 Å². The molecule has 0 bridgehead atoms. The molecule has 2 atom stereocenters. The number of nitrogens with zero attached hydrogens (tertiary/aromatic N) is 5. The van der Waals surface area contributed by atoms with Crippen molar-refractivity contribution in [3.05, 3.63) is 107 Å². The Balaban J connectivity index is 1.30. The number of phenolic OH excluding ortho intramolecular Hbond substituents is 1. The highest BCUT2D eigenvalue weighted by Crippen LogP contribution is 2.50. The van der Waals surface area contributed by atoms with E-state index < -0.39 is 23.3 Å². The number of carbonyl (C=O) groups is 2. The van der Waals surface area contributed by atoms with Crippen molar-refractivity contribution in [3.63, 3.8) is 0 Å². The molecule has 4 aromatic rings. The lowest BCUT2D eigenvalue weighted by atomic mass is 9.68. The lowest BCUT2D eigenvalue weighted by Gasteiger charge is -2.39. The fourth-order valence-corrected chi connectivity index (χ4v) is 7.22. The van der Waals surface area contributed by atoms with E-state index in [2.05, 4.69) is 4.98 Å². The van der Waals surface area contributed by atoms with Gasteiger partial charge in [-0.05, 0) is 36.3 Å². The number of aromatic nitrogens is 5. The fraction of sp³-hybridized carbons (Fsp3) is 0.314. The van der Waals surface area contributed by atoms with Gasteiger partial charge in [0.15, 0.2) is 34.6 Å². The van der Waals surface area contributed by atoms with E-state index in [1.54, 1.807) is 38.2 Å². The minimum absolute atomic E-state index is 0.0106. The van der Waals surface area contributed by atoms with Gasteiger partial charge in [-0.2, -0.15) is 0 Å². The Kier molecular flexibility index (Phi) is 7.53. The van der Waals surface area contributed by atoms with E-state index in [-0.39, 0.29) is 65.8 Å². The van der Waals surface area contributed by atoms with Crippen LogP contribution in [0.15, 0.2) is 79.2 Å². The summed E-state index contributed by atoms with van der Waals surface area (Å²) in [4.78, 5) is 72.7. The Morgan fingerprint density at radius 2 is 1.65 bits per heavy atom. The normalized spacial score (nSPS) is 18.5. The van der Waals surface area contributed by atoms with E-state index in [1.165, 1.54) is 47.4 Å². The first kappa shape index (κ1) is 31.7. The quantitative estimate of drug-likeness (QED) is 0.228. The summed E-state index contributed by atoms with van der Waals surface area (Å²) in [6, 6.07) is 7.27. The third-order valence-corrected chi connectivity index (χ3v) is 9.67. The molecule has 0 radical (unpaired) electrons. The van der Waals surface area contributed by atoms with Crippen LogP contribution in [0, 0.1) is 0 Å². The van der Waals surface area contributed by atoms with Crippen molar-refractivity contribution in [2.75, 3.05) is 21.3 Å². The average Bonchev–Trinajstić information content (AvgIpc) is 3.35. The van der Waals surface area contributed by atoms with Crippen LogP contribution >= 0.6 is 0 Å². The van der Waals surface area contributed by atoms with Gasteiger partial charge in [0.1, 0.15) is 5.69 Å². The van der Waals surface area contributed by atoms with Crippen LogP contribution < -0.4 is 31.1 Å². The lowest BCUT2D eigenvalue weighted by Crippen LogP contribution is -2.40. The predicted molar refractivity (Wildman–Crippen MR) is 177 cm³/mol. The van der Waals surface area contributed by atoms with Crippen molar-refractivity contribution in [2.45, 2.75) is 44.8 Å². The van der Waals surface area contributed by atoms with Crippen molar-refractivity contribution in [3.8, 4) is 23.0 Å². The number of ketones is 2. The molecule has 0 amide bonds. The maximum absolute atomic E-state index is 14.1. The SMILES string of the molecule is COc1cc([C@H]2C3=CCn4c(=O)n(CCc5nc6cc(OC)c(OC)cc6n(C)c5=O)c(=O)n4[C@@H]3CC3=C2C(=O)C(C)=CC3=O)ccc1O. The number of allylic oxidation sites excluding steroid dienone is 6. The number of carbonyl (C=O) groups excluding carboxylic acids is 2. The van der Waals surface area contributed by atoms with Crippen molar-refractivity contribution >= 4 is 22.6 Å². The van der Waals surface area contributed by atoms with Gasteiger partial charge in [0.2, 0.25) is 0 Å². The maximum atomic E-state index is 14.1. The van der Waals surface area contributed by atoms with Crippen LogP contribution in [0.4, 0.5) is 0 Å². The second kappa shape index (κ2) is 11.6.